The van der Waals surface area contributed by atoms with Crippen LogP contribution in [0.2, 0.25) is 0 Å². The minimum Gasteiger partial charge on any atom is -0.388 e. The topological polar surface area (TPSA) is 40.5 Å². The lowest BCUT2D eigenvalue weighted by Gasteiger charge is -2.34. The average molecular weight is 213 g/mol. The third-order valence-corrected chi connectivity index (χ3v) is 2.17. The lowest BCUT2D eigenvalue weighted by atomic mass is 9.99. The van der Waals surface area contributed by atoms with Crippen molar-refractivity contribution in [1.29, 1.82) is 0 Å². The Morgan fingerprint density at radius 1 is 1.36 bits per heavy atom. The summed E-state index contributed by atoms with van der Waals surface area (Å²) in [4.78, 5) is 11.2. The minimum absolute atomic E-state index is 0.486. The van der Waals surface area contributed by atoms with Crippen LogP contribution in [-0.2, 0) is 4.79 Å². The standard InChI is InChI=1S/C8H14F3NO2/c1-5(7(2,3)14)12(4)6(13)8(9,10)11/h5,14H,1-4H3. The lowest BCUT2D eigenvalue weighted by Crippen LogP contribution is -2.51. The van der Waals surface area contributed by atoms with Crippen LogP contribution in [0.5, 0.6) is 0 Å². The molecule has 0 spiro atoms. The number of carbonyl (C=O) groups excluding carboxylic acids is 1. The highest BCUT2D eigenvalue weighted by Gasteiger charge is 2.44. The molecular formula is C8H14F3NO2. The molecule has 1 unspecified atom stereocenters. The first kappa shape index (κ1) is 13.2. The molecule has 0 fully saturated rings. The van der Waals surface area contributed by atoms with Gasteiger partial charge in [-0.1, -0.05) is 0 Å². The van der Waals surface area contributed by atoms with E-state index in [4.69, 9.17) is 0 Å². The van der Waals surface area contributed by atoms with Crippen LogP contribution in [0.4, 0.5) is 13.2 Å². The second-order valence-corrected chi connectivity index (χ2v) is 3.74. The fraction of sp³-hybridized carbons (Fsp3) is 0.875. The summed E-state index contributed by atoms with van der Waals surface area (Å²) >= 11 is 0. The molecule has 0 aliphatic rings. The maximum atomic E-state index is 12.0. The van der Waals surface area contributed by atoms with E-state index in [1.54, 1.807) is 0 Å². The summed E-state index contributed by atoms with van der Waals surface area (Å²) in [5, 5.41) is 9.41. The van der Waals surface area contributed by atoms with E-state index in [-0.39, 0.29) is 0 Å². The fourth-order valence-electron chi connectivity index (χ4n) is 0.850. The molecule has 0 aliphatic carbocycles. The number of likely N-dealkylation sites (N-methyl/N-ethyl adjacent to an activating group) is 1. The zero-order chi connectivity index (χ0) is 11.7. The number of carbonyl (C=O) groups is 1. The van der Waals surface area contributed by atoms with Gasteiger partial charge >= 0.3 is 12.1 Å². The zero-order valence-electron chi connectivity index (χ0n) is 8.51. The van der Waals surface area contributed by atoms with Crippen LogP contribution >= 0.6 is 0 Å². The van der Waals surface area contributed by atoms with Gasteiger partial charge in [-0.15, -0.1) is 0 Å². The number of hydrogen-bond donors (Lipinski definition) is 1. The van der Waals surface area contributed by atoms with Gasteiger partial charge < -0.3 is 10.0 Å². The van der Waals surface area contributed by atoms with Crippen LogP contribution < -0.4 is 0 Å². The van der Waals surface area contributed by atoms with E-state index in [0.29, 0.717) is 4.90 Å². The van der Waals surface area contributed by atoms with E-state index in [1.807, 2.05) is 0 Å². The first-order chi connectivity index (χ1) is 5.98. The van der Waals surface area contributed by atoms with Crippen molar-refractivity contribution >= 4 is 5.91 Å². The Morgan fingerprint density at radius 3 is 1.93 bits per heavy atom. The van der Waals surface area contributed by atoms with Crippen molar-refractivity contribution in [2.45, 2.75) is 38.6 Å². The summed E-state index contributed by atoms with van der Waals surface area (Å²) in [6.07, 6.45) is -4.89. The van der Waals surface area contributed by atoms with E-state index in [0.717, 1.165) is 7.05 Å². The van der Waals surface area contributed by atoms with Gasteiger partial charge in [-0.3, -0.25) is 4.79 Å². The molecule has 84 valence electrons. The Morgan fingerprint density at radius 2 is 1.71 bits per heavy atom. The highest BCUT2D eigenvalue weighted by Crippen LogP contribution is 2.22. The van der Waals surface area contributed by atoms with E-state index >= 15 is 0 Å². The second kappa shape index (κ2) is 3.76. The Labute approximate surface area is 80.5 Å². The SMILES string of the molecule is CC(N(C)C(=O)C(F)(F)F)C(C)(C)O. The molecule has 0 bridgehead atoms. The van der Waals surface area contributed by atoms with Gasteiger partial charge in [0.25, 0.3) is 0 Å². The van der Waals surface area contributed by atoms with Gasteiger partial charge in [0.1, 0.15) is 0 Å². The van der Waals surface area contributed by atoms with E-state index < -0.39 is 23.7 Å². The van der Waals surface area contributed by atoms with Gasteiger partial charge in [0.05, 0.1) is 11.6 Å². The average Bonchev–Trinajstić information content (AvgIpc) is 1.97. The largest absolute Gasteiger partial charge is 0.471 e. The molecule has 0 rings (SSSR count). The number of halogens is 3. The first-order valence-corrected chi connectivity index (χ1v) is 4.04. The van der Waals surface area contributed by atoms with Crippen LogP contribution in [0, 0.1) is 0 Å². The minimum atomic E-state index is -4.89. The van der Waals surface area contributed by atoms with Crippen LogP contribution in [0.25, 0.3) is 0 Å². The molecule has 1 N–H and O–H groups in total. The Bertz CT molecular complexity index is 220. The van der Waals surface area contributed by atoms with Crippen molar-refractivity contribution in [2.24, 2.45) is 0 Å². The number of hydrogen-bond acceptors (Lipinski definition) is 2. The molecule has 1 atom stereocenters. The molecule has 1 amide bonds. The second-order valence-electron chi connectivity index (χ2n) is 3.74. The smallest absolute Gasteiger partial charge is 0.388 e. The molecule has 0 saturated carbocycles. The van der Waals surface area contributed by atoms with E-state index in [1.165, 1.54) is 20.8 Å². The Balaban J connectivity index is 4.65. The molecule has 6 heteroatoms. The lowest BCUT2D eigenvalue weighted by molar-refractivity contribution is -0.189. The third kappa shape index (κ3) is 3.17. The molecule has 0 aromatic rings. The van der Waals surface area contributed by atoms with Gasteiger partial charge in [-0.05, 0) is 20.8 Å². The number of alkyl halides is 3. The number of aliphatic hydroxyl groups is 1. The summed E-state index contributed by atoms with van der Waals surface area (Å²) in [6.45, 7) is 4.04. The Hall–Kier alpha value is -0.780. The Kier molecular flexibility index (Phi) is 3.55. The molecule has 0 heterocycles. The molecule has 0 saturated heterocycles. The molecule has 0 aromatic carbocycles. The predicted molar refractivity (Wildman–Crippen MR) is 44.6 cm³/mol. The maximum absolute atomic E-state index is 12.0. The summed E-state index contributed by atoms with van der Waals surface area (Å²) in [5.41, 5.74) is -1.37. The highest BCUT2D eigenvalue weighted by molar-refractivity contribution is 5.81. The quantitative estimate of drug-likeness (QED) is 0.747. The highest BCUT2D eigenvalue weighted by atomic mass is 19.4. The number of amides is 1. The van der Waals surface area contributed by atoms with Crippen LogP contribution in [0.15, 0.2) is 0 Å². The van der Waals surface area contributed by atoms with Crippen LogP contribution in [-0.4, -0.2) is 40.8 Å². The van der Waals surface area contributed by atoms with Gasteiger partial charge in [0.2, 0.25) is 0 Å². The molecule has 3 nitrogen and oxygen atoms in total. The van der Waals surface area contributed by atoms with Crippen molar-refractivity contribution < 1.29 is 23.1 Å². The fourth-order valence-corrected chi connectivity index (χ4v) is 0.850. The van der Waals surface area contributed by atoms with Gasteiger partial charge in [-0.2, -0.15) is 13.2 Å². The van der Waals surface area contributed by atoms with Gasteiger partial charge in [0, 0.05) is 7.05 Å². The van der Waals surface area contributed by atoms with Crippen LogP contribution in [0.3, 0.4) is 0 Å². The third-order valence-electron chi connectivity index (χ3n) is 2.17. The first-order valence-electron chi connectivity index (χ1n) is 4.04. The van der Waals surface area contributed by atoms with Gasteiger partial charge in [-0.25, -0.2) is 0 Å². The molecule has 0 aromatic heterocycles. The molecule has 14 heavy (non-hydrogen) atoms. The maximum Gasteiger partial charge on any atom is 0.471 e. The summed E-state index contributed by atoms with van der Waals surface area (Å²) in [5.74, 6) is -1.95. The van der Waals surface area contributed by atoms with Crippen molar-refractivity contribution in [2.75, 3.05) is 7.05 Å². The monoisotopic (exact) mass is 213 g/mol. The van der Waals surface area contributed by atoms with Crippen molar-refractivity contribution in [3.05, 3.63) is 0 Å². The van der Waals surface area contributed by atoms with E-state index in [2.05, 4.69) is 0 Å². The molecule has 0 radical (unpaired) electrons. The number of nitrogens with zero attached hydrogens (tertiary/aromatic N) is 1. The van der Waals surface area contributed by atoms with Gasteiger partial charge in [0.15, 0.2) is 0 Å². The summed E-state index contributed by atoms with van der Waals surface area (Å²) in [6, 6.07) is -0.906. The van der Waals surface area contributed by atoms with Crippen molar-refractivity contribution in [1.82, 2.24) is 4.90 Å². The van der Waals surface area contributed by atoms with Crippen molar-refractivity contribution in [3.63, 3.8) is 0 Å². The zero-order valence-corrected chi connectivity index (χ0v) is 8.51. The predicted octanol–water partition coefficient (Wildman–Crippen LogP) is 1.17. The van der Waals surface area contributed by atoms with Crippen molar-refractivity contribution in [3.8, 4) is 0 Å². The molecular weight excluding hydrogens is 199 g/mol. The molecule has 0 aliphatic heterocycles. The number of rotatable bonds is 2. The summed E-state index contributed by atoms with van der Waals surface area (Å²) in [7, 11) is 1.01. The normalized spacial score (nSPS) is 15.1. The van der Waals surface area contributed by atoms with E-state index in [9.17, 15) is 23.1 Å². The summed E-state index contributed by atoms with van der Waals surface area (Å²) < 4.78 is 35.9. The van der Waals surface area contributed by atoms with Crippen LogP contribution in [0.1, 0.15) is 20.8 Å².